The molecule has 1 rings (SSSR count). The van der Waals surface area contributed by atoms with Crippen LogP contribution in [-0.2, 0) is 0 Å². The molecule has 17 heavy (non-hydrogen) atoms. The lowest BCUT2D eigenvalue weighted by Gasteiger charge is -2.20. The number of aliphatic hydroxyl groups excluding tert-OH is 1. The molecule has 0 aromatic heterocycles. The summed E-state index contributed by atoms with van der Waals surface area (Å²) in [6, 6.07) is 3.83. The largest absolute Gasteiger partial charge is 0.504 e. The summed E-state index contributed by atoms with van der Waals surface area (Å²) in [6.07, 6.45) is 0.890. The van der Waals surface area contributed by atoms with Crippen LogP contribution in [0.4, 0.5) is 0 Å². The molecule has 1 aromatic rings. The van der Waals surface area contributed by atoms with Gasteiger partial charge >= 0.3 is 0 Å². The Labute approximate surface area is 102 Å². The van der Waals surface area contributed by atoms with Gasteiger partial charge in [-0.25, -0.2) is 0 Å². The minimum Gasteiger partial charge on any atom is -0.504 e. The molecule has 0 unspecified atom stereocenters. The molecular formula is C13H21NO3. The van der Waals surface area contributed by atoms with E-state index < -0.39 is 12.1 Å². The van der Waals surface area contributed by atoms with Crippen molar-refractivity contribution in [1.29, 1.82) is 0 Å². The van der Waals surface area contributed by atoms with E-state index in [1.54, 1.807) is 6.07 Å². The highest BCUT2D eigenvalue weighted by atomic mass is 16.3. The molecule has 1 aromatic carbocycles. The number of nitrogens with two attached hydrogens (primary N) is 1. The van der Waals surface area contributed by atoms with Crippen LogP contribution in [0.15, 0.2) is 18.2 Å². The van der Waals surface area contributed by atoms with Crippen LogP contribution in [0, 0.1) is 5.92 Å². The van der Waals surface area contributed by atoms with Crippen LogP contribution < -0.4 is 5.73 Å². The van der Waals surface area contributed by atoms with Crippen LogP contribution in [0.5, 0.6) is 11.5 Å². The molecule has 0 aliphatic heterocycles. The minimum atomic E-state index is -0.638. The van der Waals surface area contributed by atoms with Crippen LogP contribution in [-0.4, -0.2) is 21.4 Å². The summed E-state index contributed by atoms with van der Waals surface area (Å²) >= 11 is 0. The molecular weight excluding hydrogens is 218 g/mol. The Balaban J connectivity index is 2.67. The number of aliphatic hydroxyl groups is 1. The molecule has 0 fully saturated rings. The van der Waals surface area contributed by atoms with Gasteiger partial charge in [0.1, 0.15) is 0 Å². The van der Waals surface area contributed by atoms with E-state index in [1.165, 1.54) is 12.1 Å². The second kappa shape index (κ2) is 5.89. The topological polar surface area (TPSA) is 86.7 Å². The maximum absolute atomic E-state index is 9.91. The summed E-state index contributed by atoms with van der Waals surface area (Å²) in [5.74, 6) is 0.122. The number of hydrogen-bond donors (Lipinski definition) is 4. The average molecular weight is 239 g/mol. The van der Waals surface area contributed by atoms with E-state index in [2.05, 4.69) is 13.8 Å². The lowest BCUT2D eigenvalue weighted by molar-refractivity contribution is 0.128. The smallest absolute Gasteiger partial charge is 0.157 e. The first kappa shape index (κ1) is 13.8. The molecule has 96 valence electrons. The monoisotopic (exact) mass is 239 g/mol. The number of hydrogen-bond acceptors (Lipinski definition) is 4. The maximum Gasteiger partial charge on any atom is 0.157 e. The van der Waals surface area contributed by atoms with Gasteiger partial charge in [0.25, 0.3) is 0 Å². The molecule has 0 amide bonds. The fraction of sp³-hybridized carbons (Fsp3) is 0.538. The lowest BCUT2D eigenvalue weighted by Crippen LogP contribution is -2.26. The van der Waals surface area contributed by atoms with Crippen molar-refractivity contribution < 1.29 is 15.3 Å². The molecule has 4 nitrogen and oxygen atoms in total. The van der Waals surface area contributed by atoms with Crippen LogP contribution in [0.1, 0.15) is 38.3 Å². The first-order chi connectivity index (χ1) is 7.91. The van der Waals surface area contributed by atoms with Gasteiger partial charge in [0.2, 0.25) is 0 Å². The van der Waals surface area contributed by atoms with E-state index in [0.717, 1.165) is 6.42 Å². The van der Waals surface area contributed by atoms with E-state index in [-0.39, 0.29) is 11.5 Å². The van der Waals surface area contributed by atoms with Crippen LogP contribution in [0.3, 0.4) is 0 Å². The van der Waals surface area contributed by atoms with E-state index in [4.69, 9.17) is 5.73 Å². The van der Waals surface area contributed by atoms with Crippen LogP contribution in [0.25, 0.3) is 0 Å². The van der Waals surface area contributed by atoms with E-state index >= 15 is 0 Å². The highest BCUT2D eigenvalue weighted by molar-refractivity contribution is 5.41. The first-order valence-electron chi connectivity index (χ1n) is 5.87. The van der Waals surface area contributed by atoms with Crippen molar-refractivity contribution in [2.75, 3.05) is 0 Å². The molecule has 0 heterocycles. The van der Waals surface area contributed by atoms with Crippen LogP contribution >= 0.6 is 0 Å². The van der Waals surface area contributed by atoms with Crippen molar-refractivity contribution in [1.82, 2.24) is 0 Å². The normalized spacial score (nSPS) is 14.9. The first-order valence-corrected chi connectivity index (χ1v) is 5.87. The van der Waals surface area contributed by atoms with Gasteiger partial charge in [-0.05, 0) is 36.5 Å². The van der Waals surface area contributed by atoms with Gasteiger partial charge < -0.3 is 21.1 Å². The number of phenols is 2. The summed E-state index contributed by atoms with van der Waals surface area (Å²) < 4.78 is 0. The van der Waals surface area contributed by atoms with Gasteiger partial charge in [-0.2, -0.15) is 0 Å². The minimum absolute atomic E-state index is 0.183. The molecule has 4 heteroatoms. The predicted molar refractivity (Wildman–Crippen MR) is 66.8 cm³/mol. The lowest BCUT2D eigenvalue weighted by atomic mass is 9.96. The second-order valence-corrected chi connectivity index (χ2v) is 4.81. The Bertz CT molecular complexity index is 366. The number of phenolic OH excluding ortho intramolecular Hbond substituents is 2. The van der Waals surface area contributed by atoms with Gasteiger partial charge in [-0.1, -0.05) is 19.9 Å². The van der Waals surface area contributed by atoms with E-state index in [9.17, 15) is 15.3 Å². The summed E-state index contributed by atoms with van der Waals surface area (Å²) in [5, 5.41) is 28.5. The maximum atomic E-state index is 9.91. The van der Waals surface area contributed by atoms with Crippen molar-refractivity contribution in [3.63, 3.8) is 0 Å². The number of aromatic hydroxyl groups is 2. The van der Waals surface area contributed by atoms with E-state index in [0.29, 0.717) is 17.9 Å². The summed E-state index contributed by atoms with van der Waals surface area (Å²) in [4.78, 5) is 0. The third-order valence-corrected chi connectivity index (χ3v) is 2.84. The molecule has 2 atom stereocenters. The standard InChI is InChI=1S/C13H21NO3/c1-8(2)3-5-11(16)13(14)9-4-6-10(15)12(17)7-9/h4,6-8,11,13,15-17H,3,5,14H2,1-2H3/t11-,13+/m0/s1. The average Bonchev–Trinajstić information content (AvgIpc) is 2.28. The van der Waals surface area contributed by atoms with E-state index in [1.807, 2.05) is 0 Å². The summed E-state index contributed by atoms with van der Waals surface area (Å²) in [6.45, 7) is 4.18. The summed E-state index contributed by atoms with van der Waals surface area (Å²) in [5.41, 5.74) is 6.52. The molecule has 0 aliphatic rings. The van der Waals surface area contributed by atoms with Crippen molar-refractivity contribution in [2.24, 2.45) is 11.7 Å². The molecule has 0 radical (unpaired) electrons. The van der Waals surface area contributed by atoms with Gasteiger partial charge in [-0.3, -0.25) is 0 Å². The molecule has 0 saturated heterocycles. The highest BCUT2D eigenvalue weighted by Crippen LogP contribution is 2.29. The SMILES string of the molecule is CC(C)CC[C@H](O)[C@H](N)c1ccc(O)c(O)c1. The molecule has 0 aliphatic carbocycles. The number of benzene rings is 1. The molecule has 0 bridgehead atoms. The zero-order valence-corrected chi connectivity index (χ0v) is 10.3. The Hall–Kier alpha value is -1.26. The van der Waals surface area contributed by atoms with Crippen molar-refractivity contribution in [3.8, 4) is 11.5 Å². The molecule has 0 spiro atoms. The molecule has 5 N–H and O–H groups in total. The highest BCUT2D eigenvalue weighted by Gasteiger charge is 2.18. The zero-order chi connectivity index (χ0) is 13.0. The van der Waals surface area contributed by atoms with Crippen molar-refractivity contribution in [2.45, 2.75) is 38.8 Å². The van der Waals surface area contributed by atoms with Crippen LogP contribution in [0.2, 0.25) is 0 Å². The fourth-order valence-electron chi connectivity index (χ4n) is 1.65. The van der Waals surface area contributed by atoms with Gasteiger partial charge in [0, 0.05) is 0 Å². The predicted octanol–water partition coefficient (Wildman–Crippen LogP) is 1.89. The van der Waals surface area contributed by atoms with Gasteiger partial charge in [0.05, 0.1) is 12.1 Å². The summed E-state index contributed by atoms with van der Waals surface area (Å²) in [7, 11) is 0. The van der Waals surface area contributed by atoms with Crippen molar-refractivity contribution >= 4 is 0 Å². The fourth-order valence-corrected chi connectivity index (χ4v) is 1.65. The van der Waals surface area contributed by atoms with Gasteiger partial charge in [0.15, 0.2) is 11.5 Å². The third-order valence-electron chi connectivity index (χ3n) is 2.84. The Morgan fingerprint density at radius 3 is 2.29 bits per heavy atom. The zero-order valence-electron chi connectivity index (χ0n) is 10.3. The third kappa shape index (κ3) is 3.91. The number of rotatable bonds is 5. The Morgan fingerprint density at radius 1 is 1.12 bits per heavy atom. The van der Waals surface area contributed by atoms with Gasteiger partial charge in [-0.15, -0.1) is 0 Å². The second-order valence-electron chi connectivity index (χ2n) is 4.81. The Morgan fingerprint density at radius 2 is 1.76 bits per heavy atom. The quantitative estimate of drug-likeness (QED) is 0.591. The van der Waals surface area contributed by atoms with Crippen molar-refractivity contribution in [3.05, 3.63) is 23.8 Å². The molecule has 0 saturated carbocycles. The Kier molecular flexibility index (Phi) is 4.78.